The van der Waals surface area contributed by atoms with Gasteiger partial charge in [0.05, 0.1) is 14.2 Å². The van der Waals surface area contributed by atoms with Gasteiger partial charge in [0.1, 0.15) is 6.26 Å². The SMILES string of the molecule is COC(=O)c1coc(C(=O)OC)n1. The molecule has 6 heteroatoms. The first-order valence-corrected chi connectivity index (χ1v) is 3.31. The first-order valence-electron chi connectivity index (χ1n) is 3.31. The summed E-state index contributed by atoms with van der Waals surface area (Å²) in [5.74, 6) is -1.68. The van der Waals surface area contributed by atoms with Gasteiger partial charge < -0.3 is 13.9 Å². The van der Waals surface area contributed by atoms with E-state index < -0.39 is 11.9 Å². The van der Waals surface area contributed by atoms with Crippen LogP contribution in [-0.2, 0) is 9.47 Å². The van der Waals surface area contributed by atoms with Gasteiger partial charge in [0.15, 0.2) is 5.69 Å². The normalized spacial score (nSPS) is 9.38. The Bertz CT molecular complexity index is 299. The third-order valence-electron chi connectivity index (χ3n) is 1.26. The van der Waals surface area contributed by atoms with Crippen LogP contribution in [-0.4, -0.2) is 31.1 Å². The average Bonchev–Trinajstić information content (AvgIpc) is 2.64. The number of esters is 2. The number of rotatable bonds is 2. The van der Waals surface area contributed by atoms with Crippen molar-refractivity contribution in [2.24, 2.45) is 0 Å². The van der Waals surface area contributed by atoms with E-state index in [9.17, 15) is 9.59 Å². The van der Waals surface area contributed by atoms with E-state index in [4.69, 9.17) is 0 Å². The predicted octanol–water partition coefficient (Wildman–Crippen LogP) is 0.248. The average molecular weight is 185 g/mol. The zero-order chi connectivity index (χ0) is 9.84. The topological polar surface area (TPSA) is 78.6 Å². The van der Waals surface area contributed by atoms with Crippen LogP contribution >= 0.6 is 0 Å². The molecule has 6 nitrogen and oxygen atoms in total. The first kappa shape index (κ1) is 9.24. The van der Waals surface area contributed by atoms with Gasteiger partial charge in [0.2, 0.25) is 0 Å². The molecule has 13 heavy (non-hydrogen) atoms. The highest BCUT2D eigenvalue weighted by Gasteiger charge is 2.17. The van der Waals surface area contributed by atoms with E-state index in [0.29, 0.717) is 0 Å². The molecule has 0 N–H and O–H groups in total. The van der Waals surface area contributed by atoms with E-state index >= 15 is 0 Å². The molecule has 70 valence electrons. The Kier molecular flexibility index (Phi) is 2.63. The van der Waals surface area contributed by atoms with Gasteiger partial charge in [-0.2, -0.15) is 4.98 Å². The second-order valence-electron chi connectivity index (χ2n) is 2.02. The van der Waals surface area contributed by atoms with Crippen molar-refractivity contribution in [3.05, 3.63) is 17.8 Å². The zero-order valence-corrected chi connectivity index (χ0v) is 7.07. The van der Waals surface area contributed by atoms with Crippen LogP contribution < -0.4 is 0 Å². The lowest BCUT2D eigenvalue weighted by Crippen LogP contribution is -2.05. The fourth-order valence-corrected chi connectivity index (χ4v) is 0.653. The molecule has 0 radical (unpaired) electrons. The Morgan fingerprint density at radius 1 is 1.31 bits per heavy atom. The second kappa shape index (κ2) is 3.70. The van der Waals surface area contributed by atoms with Crippen LogP contribution in [0.15, 0.2) is 10.7 Å². The summed E-state index contributed by atoms with van der Waals surface area (Å²) in [7, 11) is 2.39. The molecular weight excluding hydrogens is 178 g/mol. The van der Waals surface area contributed by atoms with Crippen LogP contribution in [0.1, 0.15) is 21.2 Å². The van der Waals surface area contributed by atoms with Crippen molar-refractivity contribution in [3.63, 3.8) is 0 Å². The molecule has 0 atom stereocenters. The number of ether oxygens (including phenoxy) is 2. The van der Waals surface area contributed by atoms with Gasteiger partial charge in [-0.1, -0.05) is 0 Å². The van der Waals surface area contributed by atoms with Crippen LogP contribution in [0.2, 0.25) is 0 Å². The van der Waals surface area contributed by atoms with Crippen LogP contribution in [0.5, 0.6) is 0 Å². The van der Waals surface area contributed by atoms with E-state index in [1.807, 2.05) is 0 Å². The maximum atomic E-state index is 10.8. The molecule has 0 aliphatic carbocycles. The Morgan fingerprint density at radius 2 is 1.92 bits per heavy atom. The van der Waals surface area contributed by atoms with Crippen LogP contribution in [0, 0.1) is 0 Å². The standard InChI is InChI=1S/C7H7NO5/c1-11-6(9)4-3-13-5(8-4)7(10)12-2/h3H,1-2H3. The van der Waals surface area contributed by atoms with Crippen LogP contribution in [0.25, 0.3) is 0 Å². The van der Waals surface area contributed by atoms with E-state index in [-0.39, 0.29) is 11.6 Å². The summed E-state index contributed by atoms with van der Waals surface area (Å²) in [4.78, 5) is 25.2. The Balaban J connectivity index is 2.86. The predicted molar refractivity (Wildman–Crippen MR) is 39.2 cm³/mol. The maximum Gasteiger partial charge on any atom is 0.394 e. The lowest BCUT2D eigenvalue weighted by Gasteiger charge is -1.90. The molecule has 1 aromatic heterocycles. The number of methoxy groups -OCH3 is 2. The summed E-state index contributed by atoms with van der Waals surface area (Å²) >= 11 is 0. The summed E-state index contributed by atoms with van der Waals surface area (Å²) in [6.07, 6.45) is 1.03. The largest absolute Gasteiger partial charge is 0.464 e. The Morgan fingerprint density at radius 3 is 2.46 bits per heavy atom. The van der Waals surface area contributed by atoms with Gasteiger partial charge in [-0.25, -0.2) is 9.59 Å². The number of oxazole rings is 1. The molecule has 0 bridgehead atoms. The van der Waals surface area contributed by atoms with Crippen molar-refractivity contribution in [3.8, 4) is 0 Å². The minimum Gasteiger partial charge on any atom is -0.464 e. The Labute approximate surface area is 73.5 Å². The summed E-state index contributed by atoms with van der Waals surface area (Å²) in [5, 5.41) is 0. The highest BCUT2D eigenvalue weighted by atomic mass is 16.5. The van der Waals surface area contributed by atoms with Crippen molar-refractivity contribution in [1.29, 1.82) is 0 Å². The molecule has 0 aliphatic rings. The van der Waals surface area contributed by atoms with Crippen molar-refractivity contribution in [2.75, 3.05) is 14.2 Å². The highest BCUT2D eigenvalue weighted by molar-refractivity contribution is 5.89. The minimum atomic E-state index is -0.741. The fraction of sp³-hybridized carbons (Fsp3) is 0.286. The minimum absolute atomic E-state index is 0.0668. The van der Waals surface area contributed by atoms with Gasteiger partial charge in [0, 0.05) is 0 Å². The van der Waals surface area contributed by atoms with Crippen molar-refractivity contribution in [1.82, 2.24) is 4.98 Å². The molecule has 1 heterocycles. The van der Waals surface area contributed by atoms with E-state index in [1.165, 1.54) is 14.2 Å². The molecule has 0 spiro atoms. The van der Waals surface area contributed by atoms with Gasteiger partial charge in [-0.15, -0.1) is 0 Å². The van der Waals surface area contributed by atoms with Crippen molar-refractivity contribution < 1.29 is 23.5 Å². The van der Waals surface area contributed by atoms with E-state index in [2.05, 4.69) is 18.9 Å². The number of carbonyl (C=O) groups is 2. The smallest absolute Gasteiger partial charge is 0.394 e. The molecule has 0 saturated heterocycles. The fourth-order valence-electron chi connectivity index (χ4n) is 0.653. The van der Waals surface area contributed by atoms with E-state index in [1.54, 1.807) is 0 Å². The lowest BCUT2D eigenvalue weighted by molar-refractivity contribution is 0.0556. The van der Waals surface area contributed by atoms with Crippen LogP contribution in [0.3, 0.4) is 0 Å². The van der Waals surface area contributed by atoms with Gasteiger partial charge >= 0.3 is 17.8 Å². The number of carbonyl (C=O) groups excluding carboxylic acids is 2. The monoisotopic (exact) mass is 185 g/mol. The maximum absolute atomic E-state index is 10.8. The molecule has 0 saturated carbocycles. The third-order valence-corrected chi connectivity index (χ3v) is 1.26. The molecule has 0 amide bonds. The number of aromatic nitrogens is 1. The molecule has 0 aliphatic heterocycles. The van der Waals surface area contributed by atoms with E-state index in [0.717, 1.165) is 6.26 Å². The quantitative estimate of drug-likeness (QED) is 0.614. The molecule has 1 rings (SSSR count). The first-order chi connectivity index (χ1) is 6.19. The lowest BCUT2D eigenvalue weighted by atomic mass is 10.5. The summed E-state index contributed by atoms with van der Waals surface area (Å²) in [6.45, 7) is 0. The number of nitrogens with zero attached hydrogens (tertiary/aromatic N) is 1. The third kappa shape index (κ3) is 1.84. The summed E-state index contributed by atoms with van der Waals surface area (Å²) in [5.41, 5.74) is -0.0668. The van der Waals surface area contributed by atoms with Crippen LogP contribution in [0.4, 0.5) is 0 Å². The van der Waals surface area contributed by atoms with Crippen molar-refractivity contribution in [2.45, 2.75) is 0 Å². The van der Waals surface area contributed by atoms with Crippen molar-refractivity contribution >= 4 is 11.9 Å². The number of hydrogen-bond donors (Lipinski definition) is 0. The second-order valence-corrected chi connectivity index (χ2v) is 2.02. The molecule has 0 fully saturated rings. The Hall–Kier alpha value is -1.85. The molecule has 0 aromatic carbocycles. The summed E-state index contributed by atoms with van der Waals surface area (Å²) < 4.78 is 13.3. The highest BCUT2D eigenvalue weighted by Crippen LogP contribution is 2.04. The van der Waals surface area contributed by atoms with Gasteiger partial charge in [-0.05, 0) is 0 Å². The molecule has 1 aromatic rings. The molecular formula is C7H7NO5. The van der Waals surface area contributed by atoms with Gasteiger partial charge in [-0.3, -0.25) is 0 Å². The van der Waals surface area contributed by atoms with Gasteiger partial charge in [0.25, 0.3) is 0 Å². The zero-order valence-electron chi connectivity index (χ0n) is 7.07. The molecule has 0 unspecified atom stereocenters. The summed E-state index contributed by atoms with van der Waals surface area (Å²) in [6, 6.07) is 0. The number of hydrogen-bond acceptors (Lipinski definition) is 6.